The van der Waals surface area contributed by atoms with Crippen molar-refractivity contribution in [2.45, 2.75) is 4.90 Å². The van der Waals surface area contributed by atoms with E-state index >= 15 is 0 Å². The lowest BCUT2D eigenvalue weighted by molar-refractivity contribution is -0.113. The lowest BCUT2D eigenvalue weighted by atomic mass is 10.3. The molecule has 1 aromatic heterocycles. The molecule has 0 atom stereocenters. The average Bonchev–Trinajstić information content (AvgIpc) is 2.42. The van der Waals surface area contributed by atoms with E-state index in [0.717, 1.165) is 17.0 Å². The zero-order valence-corrected chi connectivity index (χ0v) is 11.1. The first-order chi connectivity index (χ1) is 9.56. The van der Waals surface area contributed by atoms with Crippen LogP contribution in [0.1, 0.15) is 0 Å². The minimum absolute atomic E-state index is 0.104. The molecule has 1 aromatic carbocycles. The summed E-state index contributed by atoms with van der Waals surface area (Å²) in [4.78, 5) is 16.3. The van der Waals surface area contributed by atoms with Crippen molar-refractivity contribution in [2.75, 3.05) is 16.8 Å². The number of aromatic nitrogens is 1. The Hall–Kier alpha value is -2.15. The molecule has 2 rings (SSSR count). The molecule has 0 radical (unpaired) electrons. The van der Waals surface area contributed by atoms with Crippen molar-refractivity contribution in [1.82, 2.24) is 4.98 Å². The first-order valence-corrected chi connectivity index (χ1v) is 6.62. The summed E-state index contributed by atoms with van der Waals surface area (Å²) >= 11 is 1.24. The molecular weight excluding hydrogens is 284 g/mol. The van der Waals surface area contributed by atoms with Crippen molar-refractivity contribution >= 4 is 29.0 Å². The number of hydrogen-bond acceptors (Lipinski definition) is 4. The maximum absolute atomic E-state index is 13.0. The lowest BCUT2D eigenvalue weighted by Crippen LogP contribution is -2.14. The molecule has 0 saturated carbocycles. The minimum Gasteiger partial charge on any atom is -0.397 e. The van der Waals surface area contributed by atoms with E-state index in [-0.39, 0.29) is 17.3 Å². The van der Waals surface area contributed by atoms with Crippen LogP contribution in [0.5, 0.6) is 0 Å². The molecular formula is C13H11F2N3OS. The van der Waals surface area contributed by atoms with Crippen LogP contribution in [0, 0.1) is 11.6 Å². The van der Waals surface area contributed by atoms with Gasteiger partial charge in [0.1, 0.15) is 0 Å². The molecule has 1 heterocycles. The number of amides is 1. The summed E-state index contributed by atoms with van der Waals surface area (Å²) in [6.45, 7) is 0. The second-order valence-corrected chi connectivity index (χ2v) is 4.90. The summed E-state index contributed by atoms with van der Waals surface area (Å²) in [6.07, 6.45) is 3.07. The molecule has 0 bridgehead atoms. The highest BCUT2D eigenvalue weighted by atomic mass is 32.2. The molecule has 4 nitrogen and oxygen atoms in total. The van der Waals surface area contributed by atoms with E-state index in [1.807, 2.05) is 0 Å². The summed E-state index contributed by atoms with van der Waals surface area (Å²) in [5.74, 6) is -2.19. The highest BCUT2D eigenvalue weighted by Gasteiger charge is 2.08. The van der Waals surface area contributed by atoms with Gasteiger partial charge in [-0.1, -0.05) is 0 Å². The van der Waals surface area contributed by atoms with Crippen LogP contribution in [-0.2, 0) is 4.79 Å². The zero-order valence-electron chi connectivity index (χ0n) is 10.3. The predicted octanol–water partition coefficient (Wildman–Crippen LogP) is 2.67. The monoisotopic (exact) mass is 295 g/mol. The Morgan fingerprint density at radius 2 is 2.10 bits per heavy atom. The Morgan fingerprint density at radius 3 is 2.80 bits per heavy atom. The van der Waals surface area contributed by atoms with Gasteiger partial charge in [0.05, 0.1) is 17.6 Å². The number of carbonyl (C=O) groups excluding carboxylic acids is 1. The molecule has 7 heteroatoms. The normalized spacial score (nSPS) is 10.3. The Labute approximate surface area is 118 Å². The van der Waals surface area contributed by atoms with Gasteiger partial charge in [-0.2, -0.15) is 0 Å². The number of anilines is 2. The molecule has 3 N–H and O–H groups in total. The van der Waals surface area contributed by atoms with Crippen molar-refractivity contribution in [2.24, 2.45) is 0 Å². The average molecular weight is 295 g/mol. The highest BCUT2D eigenvalue weighted by molar-refractivity contribution is 8.00. The van der Waals surface area contributed by atoms with Crippen LogP contribution in [0.3, 0.4) is 0 Å². The molecule has 0 unspecified atom stereocenters. The predicted molar refractivity (Wildman–Crippen MR) is 74.4 cm³/mol. The maximum atomic E-state index is 13.0. The third-order valence-electron chi connectivity index (χ3n) is 2.37. The van der Waals surface area contributed by atoms with Crippen molar-refractivity contribution in [3.05, 3.63) is 48.3 Å². The standard InChI is InChI=1S/C13H11F2N3OS/c14-9-2-1-8(5-10(9)15)18-13(19)7-20-12-3-4-17-6-11(12)16/h1-6H,7,16H2,(H,18,19). The summed E-state index contributed by atoms with van der Waals surface area (Å²) in [5, 5.41) is 2.48. The van der Waals surface area contributed by atoms with E-state index in [9.17, 15) is 13.6 Å². The van der Waals surface area contributed by atoms with Crippen molar-refractivity contribution in [3.63, 3.8) is 0 Å². The van der Waals surface area contributed by atoms with Gasteiger partial charge in [-0.05, 0) is 18.2 Å². The molecule has 0 aliphatic heterocycles. The molecule has 0 fully saturated rings. The number of rotatable bonds is 4. The van der Waals surface area contributed by atoms with Crippen LogP contribution in [0.25, 0.3) is 0 Å². The number of thioether (sulfide) groups is 1. The summed E-state index contributed by atoms with van der Waals surface area (Å²) in [5.41, 5.74) is 6.38. The first-order valence-electron chi connectivity index (χ1n) is 5.63. The Kier molecular flexibility index (Phi) is 4.52. The largest absolute Gasteiger partial charge is 0.397 e. The number of carbonyl (C=O) groups is 1. The van der Waals surface area contributed by atoms with E-state index in [4.69, 9.17) is 5.73 Å². The number of nitrogens with zero attached hydrogens (tertiary/aromatic N) is 1. The third-order valence-corrected chi connectivity index (χ3v) is 3.46. The minimum atomic E-state index is -1.01. The van der Waals surface area contributed by atoms with Gasteiger partial charge in [0.25, 0.3) is 0 Å². The van der Waals surface area contributed by atoms with Gasteiger partial charge < -0.3 is 11.1 Å². The third kappa shape index (κ3) is 3.67. The van der Waals surface area contributed by atoms with Crippen LogP contribution >= 0.6 is 11.8 Å². The molecule has 0 aliphatic carbocycles. The Balaban J connectivity index is 1.93. The molecule has 20 heavy (non-hydrogen) atoms. The highest BCUT2D eigenvalue weighted by Crippen LogP contribution is 2.23. The Morgan fingerprint density at radius 1 is 1.30 bits per heavy atom. The van der Waals surface area contributed by atoms with E-state index in [1.165, 1.54) is 24.0 Å². The van der Waals surface area contributed by atoms with Gasteiger partial charge in [-0.25, -0.2) is 8.78 Å². The molecule has 104 valence electrons. The zero-order chi connectivity index (χ0) is 14.5. The second kappa shape index (κ2) is 6.33. The first kappa shape index (κ1) is 14.3. The van der Waals surface area contributed by atoms with Gasteiger partial charge in [0, 0.05) is 22.8 Å². The topological polar surface area (TPSA) is 68.0 Å². The van der Waals surface area contributed by atoms with Crippen molar-refractivity contribution < 1.29 is 13.6 Å². The number of halogens is 2. The number of nitrogens with one attached hydrogen (secondary N) is 1. The number of nitrogen functional groups attached to an aromatic ring is 1. The van der Waals surface area contributed by atoms with Gasteiger partial charge in [0.2, 0.25) is 5.91 Å². The quantitative estimate of drug-likeness (QED) is 0.851. The summed E-state index contributed by atoms with van der Waals surface area (Å²) in [6, 6.07) is 4.88. The molecule has 2 aromatic rings. The van der Waals surface area contributed by atoms with Gasteiger partial charge in [-0.3, -0.25) is 9.78 Å². The van der Waals surface area contributed by atoms with Crippen LogP contribution in [0.4, 0.5) is 20.2 Å². The maximum Gasteiger partial charge on any atom is 0.234 e. The van der Waals surface area contributed by atoms with Gasteiger partial charge >= 0.3 is 0 Å². The molecule has 0 aliphatic rings. The summed E-state index contributed by atoms with van der Waals surface area (Å²) in [7, 11) is 0. The number of pyridine rings is 1. The lowest BCUT2D eigenvalue weighted by Gasteiger charge is -2.06. The van der Waals surface area contributed by atoms with Gasteiger partial charge in [-0.15, -0.1) is 11.8 Å². The molecule has 0 saturated heterocycles. The summed E-state index contributed by atoms with van der Waals surface area (Å²) < 4.78 is 25.7. The Bertz CT molecular complexity index is 637. The van der Waals surface area contributed by atoms with Gasteiger partial charge in [0.15, 0.2) is 11.6 Å². The molecule has 1 amide bonds. The van der Waals surface area contributed by atoms with Crippen molar-refractivity contribution in [1.29, 1.82) is 0 Å². The second-order valence-electron chi connectivity index (χ2n) is 3.88. The van der Waals surface area contributed by atoms with Crippen LogP contribution < -0.4 is 11.1 Å². The fourth-order valence-corrected chi connectivity index (χ4v) is 2.17. The fraction of sp³-hybridized carbons (Fsp3) is 0.0769. The fourth-order valence-electron chi connectivity index (χ4n) is 1.44. The number of benzene rings is 1. The van der Waals surface area contributed by atoms with Crippen molar-refractivity contribution in [3.8, 4) is 0 Å². The number of hydrogen-bond donors (Lipinski definition) is 2. The van der Waals surface area contributed by atoms with Crippen LogP contribution in [0.2, 0.25) is 0 Å². The van der Waals surface area contributed by atoms with E-state index < -0.39 is 11.6 Å². The van der Waals surface area contributed by atoms with Crippen LogP contribution in [-0.4, -0.2) is 16.6 Å². The van der Waals surface area contributed by atoms with E-state index in [2.05, 4.69) is 10.3 Å². The van der Waals surface area contributed by atoms with E-state index in [1.54, 1.807) is 12.3 Å². The van der Waals surface area contributed by atoms with E-state index in [0.29, 0.717) is 5.69 Å². The number of nitrogens with two attached hydrogens (primary N) is 1. The smallest absolute Gasteiger partial charge is 0.234 e. The van der Waals surface area contributed by atoms with Crippen LogP contribution in [0.15, 0.2) is 41.6 Å². The SMILES string of the molecule is Nc1cnccc1SCC(=O)Nc1ccc(F)c(F)c1. The molecule has 0 spiro atoms.